The molecule has 0 aromatic heterocycles. The van der Waals surface area contributed by atoms with Crippen molar-refractivity contribution in [3.05, 3.63) is 24.0 Å². The summed E-state index contributed by atoms with van der Waals surface area (Å²) in [4.78, 5) is -0.120. The van der Waals surface area contributed by atoms with Gasteiger partial charge in [-0.25, -0.2) is 17.5 Å². The van der Waals surface area contributed by atoms with E-state index in [0.717, 1.165) is 6.07 Å². The normalized spacial score (nSPS) is 14.5. The highest BCUT2D eigenvalue weighted by molar-refractivity contribution is 7.89. The van der Waals surface area contributed by atoms with Crippen LogP contribution in [0.2, 0.25) is 0 Å². The zero-order chi connectivity index (χ0) is 14.1. The first-order valence-corrected chi connectivity index (χ1v) is 7.10. The van der Waals surface area contributed by atoms with Crippen LogP contribution in [0.15, 0.2) is 23.1 Å². The Hall–Kier alpha value is -1.14. The lowest BCUT2D eigenvalue weighted by Gasteiger charge is -2.27. The number of hydrogen-bond acceptors (Lipinski definition) is 3. The number of sulfonamides is 1. The minimum absolute atomic E-state index is 0.0715. The van der Waals surface area contributed by atoms with Gasteiger partial charge in [0.2, 0.25) is 10.0 Å². The molecule has 0 saturated heterocycles. The smallest absolute Gasteiger partial charge is 0.240 e. The first-order valence-electron chi connectivity index (χ1n) is 5.61. The van der Waals surface area contributed by atoms with Crippen molar-refractivity contribution in [1.82, 2.24) is 4.72 Å². The second-order valence-electron chi connectivity index (χ2n) is 5.39. The molecular weight excluding hydrogens is 255 g/mol. The Bertz CT molecular complexity index is 535. The second-order valence-corrected chi connectivity index (χ2v) is 7.11. The summed E-state index contributed by atoms with van der Waals surface area (Å²) in [6.07, 6.45) is 0. The zero-order valence-electron chi connectivity index (χ0n) is 11.0. The summed E-state index contributed by atoms with van der Waals surface area (Å²) in [6, 6.07) is 3.18. The Morgan fingerprint density at radius 2 is 1.89 bits per heavy atom. The molecular formula is C12H19FN2O2S. The van der Waals surface area contributed by atoms with Crippen LogP contribution in [0.1, 0.15) is 27.7 Å². The van der Waals surface area contributed by atoms with E-state index in [1.165, 1.54) is 12.1 Å². The molecule has 3 N–H and O–H groups in total. The molecule has 1 aromatic carbocycles. The van der Waals surface area contributed by atoms with E-state index in [2.05, 4.69) is 4.72 Å². The van der Waals surface area contributed by atoms with Crippen molar-refractivity contribution < 1.29 is 12.8 Å². The van der Waals surface area contributed by atoms with Gasteiger partial charge in [0.15, 0.2) is 0 Å². The Morgan fingerprint density at radius 1 is 1.33 bits per heavy atom. The number of hydrogen-bond donors (Lipinski definition) is 2. The minimum atomic E-state index is -3.73. The first kappa shape index (κ1) is 14.9. The Kier molecular flexibility index (Phi) is 4.02. The highest BCUT2D eigenvalue weighted by Gasteiger charge is 2.26. The molecule has 18 heavy (non-hydrogen) atoms. The van der Waals surface area contributed by atoms with Crippen LogP contribution in [0.4, 0.5) is 10.1 Å². The topological polar surface area (TPSA) is 72.2 Å². The van der Waals surface area contributed by atoms with Gasteiger partial charge in [-0.3, -0.25) is 0 Å². The van der Waals surface area contributed by atoms with Crippen LogP contribution in [0.25, 0.3) is 0 Å². The molecule has 0 saturated carbocycles. The minimum Gasteiger partial charge on any atom is -0.396 e. The van der Waals surface area contributed by atoms with E-state index >= 15 is 0 Å². The van der Waals surface area contributed by atoms with Gasteiger partial charge in [-0.2, -0.15) is 0 Å². The van der Waals surface area contributed by atoms with E-state index in [4.69, 9.17) is 5.73 Å². The maximum absolute atomic E-state index is 13.3. The quantitative estimate of drug-likeness (QED) is 0.829. The molecule has 1 atom stereocenters. The Balaban J connectivity index is 3.04. The van der Waals surface area contributed by atoms with Crippen LogP contribution in [0, 0.1) is 11.2 Å². The highest BCUT2D eigenvalue weighted by atomic mass is 32.2. The fourth-order valence-electron chi connectivity index (χ4n) is 1.15. The fraction of sp³-hybridized carbons (Fsp3) is 0.500. The summed E-state index contributed by atoms with van der Waals surface area (Å²) in [5.41, 5.74) is 5.02. The van der Waals surface area contributed by atoms with Gasteiger partial charge in [0.25, 0.3) is 0 Å². The molecule has 6 heteroatoms. The van der Waals surface area contributed by atoms with Crippen LogP contribution >= 0.6 is 0 Å². The lowest BCUT2D eigenvalue weighted by molar-refractivity contribution is 0.317. The van der Waals surface area contributed by atoms with Gasteiger partial charge in [0.1, 0.15) is 5.82 Å². The van der Waals surface area contributed by atoms with E-state index in [9.17, 15) is 12.8 Å². The van der Waals surface area contributed by atoms with Crippen molar-refractivity contribution in [3.63, 3.8) is 0 Å². The SMILES string of the molecule is CC(NS(=O)(=O)c1ccc(N)c(F)c1)C(C)(C)C. The average Bonchev–Trinajstić information content (AvgIpc) is 2.19. The zero-order valence-corrected chi connectivity index (χ0v) is 11.8. The number of halogens is 1. The van der Waals surface area contributed by atoms with E-state index < -0.39 is 15.8 Å². The van der Waals surface area contributed by atoms with E-state index in [0.29, 0.717) is 0 Å². The summed E-state index contributed by atoms with van der Waals surface area (Å²) in [5, 5.41) is 0. The molecule has 0 aliphatic rings. The predicted octanol–water partition coefficient (Wildman–Crippen LogP) is 2.12. The van der Waals surface area contributed by atoms with E-state index in [1.54, 1.807) is 6.92 Å². The lowest BCUT2D eigenvalue weighted by Crippen LogP contribution is -2.41. The van der Waals surface area contributed by atoms with Crippen LogP contribution in [-0.2, 0) is 10.0 Å². The average molecular weight is 274 g/mol. The van der Waals surface area contributed by atoms with Crippen LogP contribution in [0.5, 0.6) is 0 Å². The van der Waals surface area contributed by atoms with Crippen molar-refractivity contribution in [2.75, 3.05) is 5.73 Å². The maximum atomic E-state index is 13.3. The molecule has 0 aliphatic heterocycles. The molecule has 0 amide bonds. The number of nitrogens with two attached hydrogens (primary N) is 1. The third kappa shape index (κ3) is 3.43. The molecule has 0 fully saturated rings. The molecule has 1 unspecified atom stereocenters. The van der Waals surface area contributed by atoms with Crippen molar-refractivity contribution in [2.24, 2.45) is 5.41 Å². The molecule has 4 nitrogen and oxygen atoms in total. The molecule has 0 spiro atoms. The monoisotopic (exact) mass is 274 g/mol. The fourth-order valence-corrected chi connectivity index (χ4v) is 2.61. The van der Waals surface area contributed by atoms with Crippen LogP contribution in [0.3, 0.4) is 0 Å². The third-order valence-electron chi connectivity index (χ3n) is 2.91. The number of anilines is 1. The van der Waals surface area contributed by atoms with Crippen molar-refractivity contribution in [1.29, 1.82) is 0 Å². The highest BCUT2D eigenvalue weighted by Crippen LogP contribution is 2.22. The molecule has 102 valence electrons. The van der Waals surface area contributed by atoms with Gasteiger partial charge in [-0.15, -0.1) is 0 Å². The number of benzene rings is 1. The van der Waals surface area contributed by atoms with Gasteiger partial charge >= 0.3 is 0 Å². The number of nitrogens with one attached hydrogen (secondary N) is 1. The van der Waals surface area contributed by atoms with Gasteiger partial charge in [0.05, 0.1) is 10.6 Å². The lowest BCUT2D eigenvalue weighted by atomic mass is 9.89. The maximum Gasteiger partial charge on any atom is 0.240 e. The van der Waals surface area contributed by atoms with Crippen molar-refractivity contribution >= 4 is 15.7 Å². The predicted molar refractivity (Wildman–Crippen MR) is 70.1 cm³/mol. The summed E-state index contributed by atoms with van der Waals surface area (Å²) in [7, 11) is -3.73. The van der Waals surface area contributed by atoms with Gasteiger partial charge in [-0.05, 0) is 30.5 Å². The van der Waals surface area contributed by atoms with Gasteiger partial charge in [0, 0.05) is 6.04 Å². The Morgan fingerprint density at radius 3 is 2.33 bits per heavy atom. The summed E-state index contributed by atoms with van der Waals surface area (Å²) in [6.45, 7) is 7.53. The molecule has 0 heterocycles. The number of rotatable bonds is 3. The van der Waals surface area contributed by atoms with Crippen LogP contribution < -0.4 is 10.5 Å². The summed E-state index contributed by atoms with van der Waals surface area (Å²) >= 11 is 0. The van der Waals surface area contributed by atoms with Crippen LogP contribution in [-0.4, -0.2) is 14.5 Å². The molecule has 0 bridgehead atoms. The standard InChI is InChI=1S/C12H19FN2O2S/c1-8(12(2,3)4)15-18(16,17)9-5-6-11(14)10(13)7-9/h5-8,15H,14H2,1-4H3. The van der Waals surface area contributed by atoms with Crippen molar-refractivity contribution in [3.8, 4) is 0 Å². The molecule has 1 rings (SSSR count). The number of nitrogen functional groups attached to an aromatic ring is 1. The first-order chi connectivity index (χ1) is 8.04. The van der Waals surface area contributed by atoms with Gasteiger partial charge < -0.3 is 5.73 Å². The summed E-state index contributed by atoms with van der Waals surface area (Å²) in [5.74, 6) is -0.735. The second kappa shape index (κ2) is 4.85. The third-order valence-corrected chi connectivity index (χ3v) is 4.45. The van der Waals surface area contributed by atoms with E-state index in [-0.39, 0.29) is 22.0 Å². The molecule has 1 aromatic rings. The summed E-state index contributed by atoms with van der Waals surface area (Å²) < 4.78 is 39.9. The van der Waals surface area contributed by atoms with Gasteiger partial charge in [-0.1, -0.05) is 20.8 Å². The Labute approximate surface area is 107 Å². The molecule has 0 radical (unpaired) electrons. The van der Waals surface area contributed by atoms with E-state index in [1.807, 2.05) is 20.8 Å². The molecule has 0 aliphatic carbocycles. The largest absolute Gasteiger partial charge is 0.396 e. The van der Waals surface area contributed by atoms with Crippen molar-refractivity contribution in [2.45, 2.75) is 38.6 Å².